The van der Waals surface area contributed by atoms with E-state index in [1.165, 1.54) is 18.4 Å². The lowest BCUT2D eigenvalue weighted by Crippen LogP contribution is -2.36. The van der Waals surface area contributed by atoms with E-state index in [-0.39, 0.29) is 11.8 Å². The predicted octanol–water partition coefficient (Wildman–Crippen LogP) is 2.59. The summed E-state index contributed by atoms with van der Waals surface area (Å²) in [6, 6.07) is 3.72. The second-order valence-electron chi connectivity index (χ2n) is 7.04. The number of anilines is 1. The summed E-state index contributed by atoms with van der Waals surface area (Å²) < 4.78 is 10.5. The Balaban J connectivity index is 1.37. The van der Waals surface area contributed by atoms with Crippen LogP contribution in [0.25, 0.3) is 11.4 Å². The number of morpholine rings is 1. The topological polar surface area (TPSA) is 93.4 Å². The highest BCUT2D eigenvalue weighted by Crippen LogP contribution is 2.22. The van der Waals surface area contributed by atoms with Crippen LogP contribution in [-0.2, 0) is 4.74 Å². The molecule has 0 saturated carbocycles. The molecule has 2 aliphatic rings. The van der Waals surface area contributed by atoms with Gasteiger partial charge in [0.25, 0.3) is 0 Å². The summed E-state index contributed by atoms with van der Waals surface area (Å²) in [7, 11) is 0. The zero-order chi connectivity index (χ0) is 19.2. The standard InChI is InChI=1S/C20H25N5O3/c26-19(22-8-6-15-4-2-1-3-5-15)20-23-18(24-28-20)16-7-9-21-17(14-16)25-10-12-27-13-11-25/h4,7,9,14H,1-3,5-6,8,10-13H2,(H,22,26). The van der Waals surface area contributed by atoms with Crippen molar-refractivity contribution in [1.82, 2.24) is 20.4 Å². The average Bonchev–Trinajstić information content (AvgIpc) is 3.26. The van der Waals surface area contributed by atoms with E-state index in [4.69, 9.17) is 9.26 Å². The number of rotatable bonds is 6. The van der Waals surface area contributed by atoms with Crippen molar-refractivity contribution >= 4 is 11.7 Å². The third-order valence-electron chi connectivity index (χ3n) is 5.08. The summed E-state index contributed by atoms with van der Waals surface area (Å²) in [5.74, 6) is 0.879. The van der Waals surface area contributed by atoms with E-state index in [1.54, 1.807) is 6.20 Å². The Kier molecular flexibility index (Phi) is 5.96. The maximum absolute atomic E-state index is 12.3. The van der Waals surface area contributed by atoms with Crippen LogP contribution >= 0.6 is 0 Å². The molecule has 1 saturated heterocycles. The minimum Gasteiger partial charge on any atom is -0.378 e. The summed E-state index contributed by atoms with van der Waals surface area (Å²) in [4.78, 5) is 23.1. The van der Waals surface area contributed by atoms with Crippen molar-refractivity contribution in [3.8, 4) is 11.4 Å². The van der Waals surface area contributed by atoms with Crippen LogP contribution in [0.15, 0.2) is 34.5 Å². The maximum atomic E-state index is 12.3. The van der Waals surface area contributed by atoms with E-state index in [2.05, 4.69) is 31.4 Å². The number of pyridine rings is 1. The molecule has 3 heterocycles. The molecule has 0 radical (unpaired) electrons. The third-order valence-corrected chi connectivity index (χ3v) is 5.08. The number of allylic oxidation sites excluding steroid dienone is 1. The summed E-state index contributed by atoms with van der Waals surface area (Å²) >= 11 is 0. The molecule has 0 atom stereocenters. The van der Waals surface area contributed by atoms with Crippen LogP contribution in [0, 0.1) is 0 Å². The highest BCUT2D eigenvalue weighted by atomic mass is 16.5. The van der Waals surface area contributed by atoms with Gasteiger partial charge in [-0.3, -0.25) is 4.79 Å². The molecule has 4 rings (SSSR count). The van der Waals surface area contributed by atoms with Crippen LogP contribution in [-0.4, -0.2) is 53.9 Å². The van der Waals surface area contributed by atoms with Crippen molar-refractivity contribution in [3.63, 3.8) is 0 Å². The molecule has 1 fully saturated rings. The molecule has 1 N–H and O–H groups in total. The molecular weight excluding hydrogens is 358 g/mol. The van der Waals surface area contributed by atoms with Crippen molar-refractivity contribution in [2.45, 2.75) is 32.1 Å². The van der Waals surface area contributed by atoms with Crippen molar-refractivity contribution < 1.29 is 14.1 Å². The average molecular weight is 383 g/mol. The minimum absolute atomic E-state index is 0.0163. The Morgan fingerprint density at radius 3 is 2.96 bits per heavy atom. The van der Waals surface area contributed by atoms with E-state index in [0.717, 1.165) is 43.7 Å². The van der Waals surface area contributed by atoms with Crippen LogP contribution in [0.4, 0.5) is 5.82 Å². The molecule has 28 heavy (non-hydrogen) atoms. The van der Waals surface area contributed by atoms with E-state index in [9.17, 15) is 4.79 Å². The number of aromatic nitrogens is 3. The molecule has 8 heteroatoms. The Bertz CT molecular complexity index is 842. The SMILES string of the molecule is O=C(NCCC1=CCCCC1)c1nc(-c2ccnc(N3CCOCC3)c2)no1. The normalized spacial score (nSPS) is 17.3. The number of nitrogens with one attached hydrogen (secondary N) is 1. The largest absolute Gasteiger partial charge is 0.378 e. The van der Waals surface area contributed by atoms with Gasteiger partial charge >= 0.3 is 11.8 Å². The zero-order valence-electron chi connectivity index (χ0n) is 15.9. The van der Waals surface area contributed by atoms with Crippen LogP contribution in [0.3, 0.4) is 0 Å². The predicted molar refractivity (Wildman–Crippen MR) is 104 cm³/mol. The van der Waals surface area contributed by atoms with E-state index < -0.39 is 0 Å². The third kappa shape index (κ3) is 4.56. The van der Waals surface area contributed by atoms with Gasteiger partial charge in [-0.2, -0.15) is 4.98 Å². The molecule has 0 aromatic carbocycles. The quantitative estimate of drug-likeness (QED) is 0.766. The Hall–Kier alpha value is -2.74. The first-order chi connectivity index (χ1) is 13.8. The minimum atomic E-state index is -0.336. The number of carbonyl (C=O) groups is 1. The van der Waals surface area contributed by atoms with Gasteiger partial charge in [-0.1, -0.05) is 16.8 Å². The lowest BCUT2D eigenvalue weighted by atomic mass is 9.97. The van der Waals surface area contributed by atoms with Crippen molar-refractivity contribution in [2.75, 3.05) is 37.7 Å². The molecule has 2 aromatic rings. The Morgan fingerprint density at radius 1 is 1.25 bits per heavy atom. The van der Waals surface area contributed by atoms with E-state index in [1.807, 2.05) is 12.1 Å². The van der Waals surface area contributed by atoms with E-state index in [0.29, 0.717) is 25.6 Å². The van der Waals surface area contributed by atoms with Crippen LogP contribution in [0.5, 0.6) is 0 Å². The summed E-state index contributed by atoms with van der Waals surface area (Å²) in [5.41, 5.74) is 2.19. The highest BCUT2D eigenvalue weighted by molar-refractivity contribution is 5.89. The first-order valence-corrected chi connectivity index (χ1v) is 9.88. The fraction of sp³-hybridized carbons (Fsp3) is 0.500. The van der Waals surface area contributed by atoms with Gasteiger partial charge in [0.15, 0.2) is 0 Å². The number of carbonyl (C=O) groups excluding carboxylic acids is 1. The lowest BCUT2D eigenvalue weighted by molar-refractivity contribution is 0.0910. The Labute approximate surface area is 164 Å². The van der Waals surface area contributed by atoms with Gasteiger partial charge in [0, 0.05) is 31.4 Å². The number of amides is 1. The highest BCUT2D eigenvalue weighted by Gasteiger charge is 2.18. The number of hydrogen-bond acceptors (Lipinski definition) is 7. The first-order valence-electron chi connectivity index (χ1n) is 9.88. The van der Waals surface area contributed by atoms with Gasteiger partial charge in [-0.15, -0.1) is 0 Å². The monoisotopic (exact) mass is 383 g/mol. The zero-order valence-corrected chi connectivity index (χ0v) is 15.9. The van der Waals surface area contributed by atoms with Crippen molar-refractivity contribution in [3.05, 3.63) is 35.9 Å². The summed E-state index contributed by atoms with van der Waals surface area (Å²) in [6.45, 7) is 3.56. The van der Waals surface area contributed by atoms with Gasteiger partial charge in [-0.25, -0.2) is 4.98 Å². The summed E-state index contributed by atoms with van der Waals surface area (Å²) in [6.07, 6.45) is 9.67. The second kappa shape index (κ2) is 8.97. The van der Waals surface area contributed by atoms with Crippen LogP contribution in [0.1, 0.15) is 42.8 Å². The van der Waals surface area contributed by atoms with Gasteiger partial charge < -0.3 is 19.5 Å². The van der Waals surface area contributed by atoms with Crippen molar-refractivity contribution in [1.29, 1.82) is 0 Å². The number of hydrogen-bond donors (Lipinski definition) is 1. The molecule has 8 nitrogen and oxygen atoms in total. The lowest BCUT2D eigenvalue weighted by Gasteiger charge is -2.27. The van der Waals surface area contributed by atoms with Crippen molar-refractivity contribution in [2.24, 2.45) is 0 Å². The summed E-state index contributed by atoms with van der Waals surface area (Å²) in [5, 5.41) is 6.83. The molecule has 0 bridgehead atoms. The van der Waals surface area contributed by atoms with Gasteiger partial charge in [-0.05, 0) is 44.2 Å². The van der Waals surface area contributed by atoms with E-state index >= 15 is 0 Å². The van der Waals surface area contributed by atoms with Gasteiger partial charge in [0.1, 0.15) is 5.82 Å². The Morgan fingerprint density at radius 2 is 2.14 bits per heavy atom. The fourth-order valence-corrected chi connectivity index (χ4v) is 3.50. The molecule has 0 unspecified atom stereocenters. The number of ether oxygens (including phenoxy) is 1. The first kappa shape index (κ1) is 18.6. The van der Waals surface area contributed by atoms with Crippen LogP contribution < -0.4 is 10.2 Å². The van der Waals surface area contributed by atoms with Gasteiger partial charge in [0.2, 0.25) is 5.82 Å². The molecule has 148 valence electrons. The second-order valence-corrected chi connectivity index (χ2v) is 7.04. The molecule has 0 spiro atoms. The van der Waals surface area contributed by atoms with Crippen LogP contribution in [0.2, 0.25) is 0 Å². The molecular formula is C20H25N5O3. The molecule has 1 aliphatic carbocycles. The molecule has 1 amide bonds. The molecule has 1 aliphatic heterocycles. The molecule has 2 aromatic heterocycles. The smallest absolute Gasteiger partial charge is 0.316 e. The number of nitrogens with zero attached hydrogens (tertiary/aromatic N) is 4. The van der Waals surface area contributed by atoms with Gasteiger partial charge in [0.05, 0.1) is 13.2 Å². The maximum Gasteiger partial charge on any atom is 0.316 e. The fourth-order valence-electron chi connectivity index (χ4n) is 3.50.